The number of nitrogens with zero attached hydrogens (tertiary/aromatic N) is 4. The first kappa shape index (κ1) is 19.4. The summed E-state index contributed by atoms with van der Waals surface area (Å²) in [6.07, 6.45) is 0. The maximum absolute atomic E-state index is 11.3. The molecule has 1 amide bonds. The van der Waals surface area contributed by atoms with E-state index in [1.54, 1.807) is 7.11 Å². The van der Waals surface area contributed by atoms with Crippen molar-refractivity contribution >= 4 is 23.4 Å². The van der Waals surface area contributed by atoms with Gasteiger partial charge in [0.1, 0.15) is 5.75 Å². The molecule has 0 radical (unpaired) electrons. The lowest BCUT2D eigenvalue weighted by molar-refractivity contribution is -0.385. The Hall–Kier alpha value is -3.40. The number of nitrogens with two attached hydrogens (primary N) is 1. The summed E-state index contributed by atoms with van der Waals surface area (Å²) in [4.78, 5) is 22.0. The quantitative estimate of drug-likeness (QED) is 0.368. The lowest BCUT2D eigenvalue weighted by Crippen LogP contribution is -2.11. The van der Waals surface area contributed by atoms with Crippen LogP contribution in [0.5, 0.6) is 5.75 Å². The molecule has 0 atom stereocenters. The van der Waals surface area contributed by atoms with Crippen LogP contribution in [-0.2, 0) is 12.8 Å². The fourth-order valence-corrected chi connectivity index (χ4v) is 3.49. The van der Waals surface area contributed by atoms with Crippen LogP contribution >= 0.6 is 11.8 Å². The average Bonchev–Trinajstić information content (AvgIpc) is 3.06. The first-order valence-corrected chi connectivity index (χ1v) is 9.13. The standard InChI is InChI=1S/C18H17N5O4S/c1-22-17(11-5-7-14(27-2)8-6-11)20-21-18(22)28-10-13-4-3-12(16(19)24)9-15(13)23(25)26/h3-9H,10H2,1-2H3,(H2,19,24). The third kappa shape index (κ3) is 3.96. The molecule has 1 heterocycles. The molecule has 0 aliphatic heterocycles. The molecular formula is C18H17N5O4S. The molecule has 0 fully saturated rings. The molecule has 10 heteroatoms. The third-order valence-corrected chi connectivity index (χ3v) is 5.18. The monoisotopic (exact) mass is 399 g/mol. The Balaban J connectivity index is 1.81. The summed E-state index contributed by atoms with van der Waals surface area (Å²) < 4.78 is 6.97. The maximum Gasteiger partial charge on any atom is 0.274 e. The van der Waals surface area contributed by atoms with E-state index in [2.05, 4.69) is 10.2 Å². The largest absolute Gasteiger partial charge is 0.497 e. The molecular weight excluding hydrogens is 382 g/mol. The highest BCUT2D eigenvalue weighted by atomic mass is 32.2. The lowest BCUT2D eigenvalue weighted by Gasteiger charge is -2.06. The van der Waals surface area contributed by atoms with E-state index >= 15 is 0 Å². The van der Waals surface area contributed by atoms with Crippen molar-refractivity contribution < 1.29 is 14.5 Å². The van der Waals surface area contributed by atoms with Gasteiger partial charge in [0.15, 0.2) is 11.0 Å². The predicted molar refractivity (Wildman–Crippen MR) is 104 cm³/mol. The number of ether oxygens (including phenoxy) is 1. The van der Waals surface area contributed by atoms with Gasteiger partial charge in [-0.3, -0.25) is 14.9 Å². The number of hydrogen-bond acceptors (Lipinski definition) is 7. The second-order valence-electron chi connectivity index (χ2n) is 5.85. The Morgan fingerprint density at radius 2 is 1.96 bits per heavy atom. The molecule has 0 saturated carbocycles. The predicted octanol–water partition coefficient (Wildman–Crippen LogP) is 2.79. The van der Waals surface area contributed by atoms with Crippen LogP contribution in [0.4, 0.5) is 5.69 Å². The van der Waals surface area contributed by atoms with Gasteiger partial charge in [-0.15, -0.1) is 10.2 Å². The number of primary amides is 1. The summed E-state index contributed by atoms with van der Waals surface area (Å²) in [5.41, 5.74) is 6.49. The number of nitro groups is 1. The molecule has 0 aliphatic carbocycles. The van der Waals surface area contributed by atoms with Gasteiger partial charge in [-0.2, -0.15) is 0 Å². The summed E-state index contributed by atoms with van der Waals surface area (Å²) in [6.45, 7) is 0. The van der Waals surface area contributed by atoms with Crippen LogP contribution in [0, 0.1) is 10.1 Å². The van der Waals surface area contributed by atoms with Crippen molar-refractivity contribution in [1.29, 1.82) is 0 Å². The van der Waals surface area contributed by atoms with Crippen LogP contribution in [0.3, 0.4) is 0 Å². The van der Waals surface area contributed by atoms with Crippen molar-refractivity contribution in [3.05, 3.63) is 63.7 Å². The molecule has 0 unspecified atom stereocenters. The average molecular weight is 399 g/mol. The van der Waals surface area contributed by atoms with E-state index in [4.69, 9.17) is 10.5 Å². The van der Waals surface area contributed by atoms with Crippen molar-refractivity contribution in [2.24, 2.45) is 12.8 Å². The minimum atomic E-state index is -0.709. The molecule has 0 aliphatic rings. The number of benzene rings is 2. The van der Waals surface area contributed by atoms with Gasteiger partial charge in [0.25, 0.3) is 5.69 Å². The lowest BCUT2D eigenvalue weighted by atomic mass is 10.1. The van der Waals surface area contributed by atoms with E-state index in [0.29, 0.717) is 22.3 Å². The van der Waals surface area contributed by atoms with Gasteiger partial charge in [0.2, 0.25) is 5.91 Å². The van der Waals surface area contributed by atoms with Crippen molar-refractivity contribution in [2.75, 3.05) is 7.11 Å². The highest BCUT2D eigenvalue weighted by Gasteiger charge is 2.18. The highest BCUT2D eigenvalue weighted by molar-refractivity contribution is 7.98. The maximum atomic E-state index is 11.3. The summed E-state index contributed by atoms with van der Waals surface area (Å²) in [5.74, 6) is 1.000. The zero-order valence-electron chi connectivity index (χ0n) is 15.2. The Kier molecular flexibility index (Phi) is 5.59. The smallest absolute Gasteiger partial charge is 0.274 e. The van der Waals surface area contributed by atoms with E-state index in [0.717, 1.165) is 11.3 Å². The number of amides is 1. The molecule has 3 rings (SSSR count). The zero-order chi connectivity index (χ0) is 20.3. The number of rotatable bonds is 7. The Labute approximate surface area is 164 Å². The van der Waals surface area contributed by atoms with Crippen LogP contribution in [-0.4, -0.2) is 32.7 Å². The molecule has 0 spiro atoms. The summed E-state index contributed by atoms with van der Waals surface area (Å²) in [5, 5.41) is 20.3. The minimum absolute atomic E-state index is 0.0981. The first-order chi connectivity index (χ1) is 13.4. The summed E-state index contributed by atoms with van der Waals surface area (Å²) in [7, 11) is 3.42. The van der Waals surface area contributed by atoms with Crippen molar-refractivity contribution in [3.8, 4) is 17.1 Å². The van der Waals surface area contributed by atoms with E-state index in [-0.39, 0.29) is 11.3 Å². The van der Waals surface area contributed by atoms with Gasteiger partial charge in [0, 0.05) is 35.6 Å². The fourth-order valence-electron chi connectivity index (χ4n) is 2.58. The molecule has 3 aromatic rings. The van der Waals surface area contributed by atoms with Gasteiger partial charge >= 0.3 is 0 Å². The minimum Gasteiger partial charge on any atom is -0.497 e. The first-order valence-electron chi connectivity index (χ1n) is 8.14. The van der Waals surface area contributed by atoms with Crippen LogP contribution < -0.4 is 10.5 Å². The number of carbonyl (C=O) groups excluding carboxylic acids is 1. The van der Waals surface area contributed by atoms with Gasteiger partial charge in [0.05, 0.1) is 12.0 Å². The van der Waals surface area contributed by atoms with E-state index < -0.39 is 10.8 Å². The number of nitro benzene ring substituents is 1. The Bertz CT molecular complexity index is 1030. The summed E-state index contributed by atoms with van der Waals surface area (Å²) in [6, 6.07) is 11.6. The Morgan fingerprint density at radius 1 is 1.25 bits per heavy atom. The second-order valence-corrected chi connectivity index (χ2v) is 6.79. The molecule has 1 aromatic heterocycles. The van der Waals surface area contributed by atoms with E-state index in [1.807, 2.05) is 35.9 Å². The van der Waals surface area contributed by atoms with Gasteiger partial charge in [-0.1, -0.05) is 17.8 Å². The zero-order valence-corrected chi connectivity index (χ0v) is 16.0. The Morgan fingerprint density at radius 3 is 2.57 bits per heavy atom. The van der Waals surface area contributed by atoms with Crippen molar-refractivity contribution in [3.63, 3.8) is 0 Å². The topological polar surface area (TPSA) is 126 Å². The van der Waals surface area contributed by atoms with E-state index in [9.17, 15) is 14.9 Å². The van der Waals surface area contributed by atoms with Crippen LogP contribution in [0.2, 0.25) is 0 Å². The molecule has 2 aromatic carbocycles. The molecule has 0 bridgehead atoms. The highest BCUT2D eigenvalue weighted by Crippen LogP contribution is 2.30. The number of hydrogen-bond donors (Lipinski definition) is 1. The van der Waals surface area contributed by atoms with Crippen LogP contribution in [0.25, 0.3) is 11.4 Å². The van der Waals surface area contributed by atoms with Gasteiger partial charge in [-0.25, -0.2) is 0 Å². The number of methoxy groups -OCH3 is 1. The molecule has 144 valence electrons. The summed E-state index contributed by atoms with van der Waals surface area (Å²) >= 11 is 1.31. The number of aromatic nitrogens is 3. The van der Waals surface area contributed by atoms with Gasteiger partial charge in [-0.05, 0) is 30.3 Å². The molecule has 0 saturated heterocycles. The molecule has 28 heavy (non-hydrogen) atoms. The second kappa shape index (κ2) is 8.09. The third-order valence-electron chi connectivity index (χ3n) is 4.11. The molecule has 2 N–H and O–H groups in total. The SMILES string of the molecule is COc1ccc(-c2nnc(SCc3ccc(C(N)=O)cc3[N+](=O)[O-])n2C)cc1. The van der Waals surface area contributed by atoms with Crippen molar-refractivity contribution in [2.45, 2.75) is 10.9 Å². The normalized spacial score (nSPS) is 10.6. The van der Waals surface area contributed by atoms with Gasteiger partial charge < -0.3 is 15.0 Å². The number of thioether (sulfide) groups is 1. The van der Waals surface area contributed by atoms with E-state index in [1.165, 1.54) is 30.0 Å². The number of carbonyl (C=O) groups is 1. The molecule has 9 nitrogen and oxygen atoms in total. The van der Waals surface area contributed by atoms with Crippen molar-refractivity contribution in [1.82, 2.24) is 14.8 Å². The van der Waals surface area contributed by atoms with Crippen LogP contribution in [0.1, 0.15) is 15.9 Å². The fraction of sp³-hybridized carbons (Fsp3) is 0.167. The van der Waals surface area contributed by atoms with Crippen LogP contribution in [0.15, 0.2) is 47.6 Å².